The fourth-order valence-corrected chi connectivity index (χ4v) is 3.91. The summed E-state index contributed by atoms with van der Waals surface area (Å²) in [6.07, 6.45) is 3.79. The van der Waals surface area contributed by atoms with Crippen LogP contribution in [0.1, 0.15) is 36.8 Å². The lowest BCUT2D eigenvalue weighted by Crippen LogP contribution is -2.35. The van der Waals surface area contributed by atoms with Crippen LogP contribution in [0.15, 0.2) is 48.5 Å². The number of nitrogens with one attached hydrogen (secondary N) is 1. The van der Waals surface area contributed by atoms with Crippen LogP contribution in [0.25, 0.3) is 0 Å². The van der Waals surface area contributed by atoms with Crippen molar-refractivity contribution in [1.82, 2.24) is 10.2 Å². The summed E-state index contributed by atoms with van der Waals surface area (Å²) in [6, 6.07) is 15.0. The highest BCUT2D eigenvalue weighted by Gasteiger charge is 2.20. The quantitative estimate of drug-likeness (QED) is 0.743. The third-order valence-electron chi connectivity index (χ3n) is 5.13. The maximum absolute atomic E-state index is 12.2. The number of halogens is 1. The van der Waals surface area contributed by atoms with Crippen LogP contribution in [-0.4, -0.2) is 29.0 Å². The van der Waals surface area contributed by atoms with E-state index in [0.29, 0.717) is 29.7 Å². The Balaban J connectivity index is 1.41. The minimum atomic E-state index is 0.0834. The molecule has 2 aromatic carbocycles. The number of nitrogens with zero attached hydrogens (tertiary/aromatic N) is 1. The van der Waals surface area contributed by atoms with E-state index in [4.69, 9.17) is 11.6 Å². The van der Waals surface area contributed by atoms with Gasteiger partial charge < -0.3 is 10.4 Å². The summed E-state index contributed by atoms with van der Waals surface area (Å²) in [7, 11) is 0. The van der Waals surface area contributed by atoms with Crippen LogP contribution in [0.4, 0.5) is 0 Å². The molecule has 0 radical (unpaired) electrons. The number of benzene rings is 2. The summed E-state index contributed by atoms with van der Waals surface area (Å²) in [5.74, 6) is 0.943. The molecular formula is C22H27ClN2O2. The molecule has 144 valence electrons. The van der Waals surface area contributed by atoms with Gasteiger partial charge in [0, 0.05) is 31.1 Å². The lowest BCUT2D eigenvalue weighted by molar-refractivity contribution is -0.121. The van der Waals surface area contributed by atoms with E-state index in [9.17, 15) is 9.90 Å². The first-order chi connectivity index (χ1) is 13.1. The van der Waals surface area contributed by atoms with Crippen LogP contribution in [0.5, 0.6) is 5.75 Å². The summed E-state index contributed by atoms with van der Waals surface area (Å²) in [5.41, 5.74) is 2.08. The molecule has 1 aliphatic heterocycles. The van der Waals surface area contributed by atoms with Gasteiger partial charge in [0.2, 0.25) is 5.91 Å². The predicted octanol–water partition coefficient (Wildman–Crippen LogP) is 4.35. The molecule has 0 spiro atoms. The standard InChI is InChI=1S/C22H27ClN2O2/c23-21-9-2-1-7-19(21)14-24-22(27)11-10-17-6-4-12-25(15-17)16-18-5-3-8-20(26)13-18/h1-3,5,7-9,13,17,26H,4,6,10-12,14-16H2,(H,24,27)/t17-/m1/s1. The monoisotopic (exact) mass is 386 g/mol. The fraction of sp³-hybridized carbons (Fsp3) is 0.409. The maximum Gasteiger partial charge on any atom is 0.220 e. The fourth-order valence-electron chi connectivity index (χ4n) is 3.70. The molecule has 0 unspecified atom stereocenters. The highest BCUT2D eigenvalue weighted by Crippen LogP contribution is 2.23. The van der Waals surface area contributed by atoms with Crippen molar-refractivity contribution in [1.29, 1.82) is 0 Å². The Morgan fingerprint density at radius 2 is 2.07 bits per heavy atom. The van der Waals surface area contributed by atoms with E-state index >= 15 is 0 Å². The molecule has 3 rings (SSSR count). The van der Waals surface area contributed by atoms with Crippen LogP contribution >= 0.6 is 11.6 Å². The summed E-state index contributed by atoms with van der Waals surface area (Å²) < 4.78 is 0. The van der Waals surface area contributed by atoms with Gasteiger partial charge in [-0.3, -0.25) is 9.69 Å². The predicted molar refractivity (Wildman–Crippen MR) is 109 cm³/mol. The number of piperidine rings is 1. The average Bonchev–Trinajstić information content (AvgIpc) is 2.66. The van der Waals surface area contributed by atoms with Crippen LogP contribution in [0.3, 0.4) is 0 Å². The van der Waals surface area contributed by atoms with Crippen molar-refractivity contribution >= 4 is 17.5 Å². The normalized spacial score (nSPS) is 17.6. The Morgan fingerprint density at radius 1 is 1.22 bits per heavy atom. The lowest BCUT2D eigenvalue weighted by Gasteiger charge is -2.32. The number of rotatable bonds is 7. The summed E-state index contributed by atoms with van der Waals surface area (Å²) in [6.45, 7) is 3.41. The molecule has 1 fully saturated rings. The molecule has 1 amide bonds. The van der Waals surface area contributed by atoms with Gasteiger partial charge in [-0.25, -0.2) is 0 Å². The highest BCUT2D eigenvalue weighted by molar-refractivity contribution is 6.31. The molecule has 0 aromatic heterocycles. The Bertz CT molecular complexity index is 765. The first-order valence-electron chi connectivity index (χ1n) is 9.60. The van der Waals surface area contributed by atoms with Gasteiger partial charge in [0.15, 0.2) is 0 Å². The number of hydrogen-bond donors (Lipinski definition) is 2. The first kappa shape index (κ1) is 19.7. The van der Waals surface area contributed by atoms with E-state index in [0.717, 1.165) is 43.6 Å². The zero-order valence-corrected chi connectivity index (χ0v) is 16.3. The smallest absolute Gasteiger partial charge is 0.220 e. The molecular weight excluding hydrogens is 360 g/mol. The van der Waals surface area contributed by atoms with Crippen molar-refractivity contribution in [3.8, 4) is 5.75 Å². The Hall–Kier alpha value is -2.04. The molecule has 1 atom stereocenters. The molecule has 0 bridgehead atoms. The highest BCUT2D eigenvalue weighted by atomic mass is 35.5. The minimum Gasteiger partial charge on any atom is -0.508 e. The molecule has 0 aliphatic carbocycles. The third-order valence-corrected chi connectivity index (χ3v) is 5.50. The van der Waals surface area contributed by atoms with E-state index in [1.807, 2.05) is 42.5 Å². The van der Waals surface area contributed by atoms with E-state index in [-0.39, 0.29) is 5.91 Å². The zero-order chi connectivity index (χ0) is 19.1. The number of amides is 1. The molecule has 1 aliphatic rings. The van der Waals surface area contributed by atoms with Crippen LogP contribution in [-0.2, 0) is 17.9 Å². The third kappa shape index (κ3) is 6.26. The van der Waals surface area contributed by atoms with Crippen molar-refractivity contribution in [3.63, 3.8) is 0 Å². The summed E-state index contributed by atoms with van der Waals surface area (Å²) >= 11 is 6.13. The first-order valence-corrected chi connectivity index (χ1v) is 9.98. The van der Waals surface area contributed by atoms with Crippen molar-refractivity contribution in [3.05, 3.63) is 64.7 Å². The second-order valence-electron chi connectivity index (χ2n) is 7.32. The molecule has 4 nitrogen and oxygen atoms in total. The zero-order valence-electron chi connectivity index (χ0n) is 15.5. The minimum absolute atomic E-state index is 0.0834. The van der Waals surface area contributed by atoms with Crippen LogP contribution < -0.4 is 5.32 Å². The van der Waals surface area contributed by atoms with Gasteiger partial charge in [-0.2, -0.15) is 0 Å². The Kier molecular flexibility index (Phi) is 7.13. The SMILES string of the molecule is O=C(CC[C@H]1CCCN(Cc2cccc(O)c2)C1)NCc1ccccc1Cl. The van der Waals surface area contributed by atoms with Gasteiger partial charge in [-0.05, 0) is 61.1 Å². The van der Waals surface area contributed by atoms with Gasteiger partial charge in [0.1, 0.15) is 5.75 Å². The summed E-state index contributed by atoms with van der Waals surface area (Å²) in [5, 5.41) is 13.3. The van der Waals surface area contributed by atoms with Gasteiger partial charge in [-0.15, -0.1) is 0 Å². The van der Waals surface area contributed by atoms with Gasteiger partial charge in [0.05, 0.1) is 0 Å². The molecule has 27 heavy (non-hydrogen) atoms. The Labute approximate surface area is 166 Å². The molecule has 5 heteroatoms. The van der Waals surface area contributed by atoms with Crippen molar-refractivity contribution < 1.29 is 9.90 Å². The average molecular weight is 387 g/mol. The van der Waals surface area contributed by atoms with Gasteiger partial charge in [0.25, 0.3) is 0 Å². The van der Waals surface area contributed by atoms with Crippen LogP contribution in [0, 0.1) is 5.92 Å². The second kappa shape index (κ2) is 9.77. The van der Waals surface area contributed by atoms with E-state index in [1.54, 1.807) is 6.07 Å². The molecule has 2 aromatic rings. The van der Waals surface area contributed by atoms with Gasteiger partial charge >= 0.3 is 0 Å². The number of phenolic OH excluding ortho intramolecular Hbond substituents is 1. The van der Waals surface area contributed by atoms with E-state index < -0.39 is 0 Å². The largest absolute Gasteiger partial charge is 0.508 e. The van der Waals surface area contributed by atoms with Crippen LogP contribution in [0.2, 0.25) is 5.02 Å². The number of hydrogen-bond acceptors (Lipinski definition) is 3. The number of aromatic hydroxyl groups is 1. The number of likely N-dealkylation sites (tertiary alicyclic amines) is 1. The topological polar surface area (TPSA) is 52.6 Å². The molecule has 2 N–H and O–H groups in total. The summed E-state index contributed by atoms with van der Waals surface area (Å²) in [4.78, 5) is 14.6. The molecule has 1 saturated heterocycles. The maximum atomic E-state index is 12.2. The van der Waals surface area contributed by atoms with Gasteiger partial charge in [-0.1, -0.05) is 41.9 Å². The van der Waals surface area contributed by atoms with Crippen molar-refractivity contribution in [2.75, 3.05) is 13.1 Å². The number of phenols is 1. The van der Waals surface area contributed by atoms with E-state index in [2.05, 4.69) is 10.2 Å². The molecule has 0 saturated carbocycles. The van der Waals surface area contributed by atoms with Crippen molar-refractivity contribution in [2.24, 2.45) is 5.92 Å². The second-order valence-corrected chi connectivity index (χ2v) is 7.73. The lowest BCUT2D eigenvalue weighted by atomic mass is 9.93. The number of carbonyl (C=O) groups is 1. The van der Waals surface area contributed by atoms with Crippen molar-refractivity contribution in [2.45, 2.75) is 38.8 Å². The Morgan fingerprint density at radius 3 is 2.89 bits per heavy atom. The van der Waals surface area contributed by atoms with E-state index in [1.165, 1.54) is 6.42 Å². The molecule has 1 heterocycles. The number of carbonyl (C=O) groups excluding carboxylic acids is 1.